The molecule has 0 spiro atoms. The van der Waals surface area contributed by atoms with E-state index in [1.54, 1.807) is 0 Å². The quantitative estimate of drug-likeness (QED) is 0.794. The summed E-state index contributed by atoms with van der Waals surface area (Å²) in [6, 6.07) is 0.0298. The molecule has 2 fully saturated rings. The number of hydrogen-bond donors (Lipinski definition) is 2. The Hall–Kier alpha value is -1.10. The van der Waals surface area contributed by atoms with Crippen LogP contribution in [0.2, 0.25) is 0 Å². The molecule has 0 radical (unpaired) electrons. The van der Waals surface area contributed by atoms with Crippen molar-refractivity contribution in [1.82, 2.24) is 5.32 Å². The number of carboxylic acids is 1. The number of nitrogens with one attached hydrogen (secondary N) is 1. The van der Waals surface area contributed by atoms with Gasteiger partial charge in [-0.1, -0.05) is 0 Å². The summed E-state index contributed by atoms with van der Waals surface area (Å²) in [5, 5.41) is 11.8. The molecule has 0 aromatic carbocycles. The average Bonchev–Trinajstić information content (AvgIpc) is 2.78. The van der Waals surface area contributed by atoms with E-state index in [2.05, 4.69) is 5.32 Å². The summed E-state index contributed by atoms with van der Waals surface area (Å²) in [6.45, 7) is 0.752. The van der Waals surface area contributed by atoms with Gasteiger partial charge in [-0.2, -0.15) is 0 Å². The maximum absolute atomic E-state index is 11.8. The number of ether oxygens (including phenoxy) is 1. The van der Waals surface area contributed by atoms with Crippen molar-refractivity contribution >= 4 is 11.9 Å². The summed E-state index contributed by atoms with van der Waals surface area (Å²) in [7, 11) is 0. The Kier molecular flexibility index (Phi) is 4.58. The third-order valence-corrected chi connectivity index (χ3v) is 3.83. The van der Waals surface area contributed by atoms with Gasteiger partial charge in [0.2, 0.25) is 5.91 Å². The molecule has 1 aliphatic carbocycles. The SMILES string of the molecule is O=C(CC1CCCCO1)NC1CCC(C(=O)O)C1. The summed E-state index contributed by atoms with van der Waals surface area (Å²) < 4.78 is 5.52. The highest BCUT2D eigenvalue weighted by Crippen LogP contribution is 2.26. The lowest BCUT2D eigenvalue weighted by Gasteiger charge is -2.22. The Labute approximate surface area is 107 Å². The van der Waals surface area contributed by atoms with Crippen LogP contribution in [0.3, 0.4) is 0 Å². The normalized spacial score (nSPS) is 32.1. The lowest BCUT2D eigenvalue weighted by atomic mass is 10.1. The molecule has 0 aromatic heterocycles. The van der Waals surface area contributed by atoms with E-state index < -0.39 is 5.97 Å². The largest absolute Gasteiger partial charge is 0.481 e. The number of rotatable bonds is 4. The van der Waals surface area contributed by atoms with Crippen LogP contribution in [-0.4, -0.2) is 35.7 Å². The number of carboxylic acid groups (broad SMARTS) is 1. The topological polar surface area (TPSA) is 75.6 Å². The second kappa shape index (κ2) is 6.18. The van der Waals surface area contributed by atoms with Crippen molar-refractivity contribution in [3.63, 3.8) is 0 Å². The molecular formula is C13H21NO4. The van der Waals surface area contributed by atoms with Crippen molar-refractivity contribution < 1.29 is 19.4 Å². The third kappa shape index (κ3) is 3.70. The van der Waals surface area contributed by atoms with Crippen LogP contribution in [-0.2, 0) is 14.3 Å². The van der Waals surface area contributed by atoms with Gasteiger partial charge in [0, 0.05) is 12.6 Å². The van der Waals surface area contributed by atoms with Crippen LogP contribution in [0, 0.1) is 5.92 Å². The summed E-state index contributed by atoms with van der Waals surface area (Å²) in [4.78, 5) is 22.6. The van der Waals surface area contributed by atoms with Crippen molar-refractivity contribution in [2.75, 3.05) is 6.61 Å². The van der Waals surface area contributed by atoms with Gasteiger partial charge in [0.25, 0.3) is 0 Å². The molecule has 5 heteroatoms. The van der Waals surface area contributed by atoms with Gasteiger partial charge >= 0.3 is 5.97 Å². The molecular weight excluding hydrogens is 234 g/mol. The van der Waals surface area contributed by atoms with Crippen molar-refractivity contribution in [3.8, 4) is 0 Å². The first-order valence-electron chi connectivity index (χ1n) is 6.79. The van der Waals surface area contributed by atoms with E-state index in [4.69, 9.17) is 9.84 Å². The molecule has 18 heavy (non-hydrogen) atoms. The Morgan fingerprint density at radius 3 is 2.67 bits per heavy atom. The Bertz CT molecular complexity index is 312. The first-order chi connectivity index (χ1) is 8.65. The molecule has 1 saturated carbocycles. The van der Waals surface area contributed by atoms with Gasteiger partial charge in [0.1, 0.15) is 0 Å². The summed E-state index contributed by atoms with van der Waals surface area (Å²) in [6.07, 6.45) is 5.63. The van der Waals surface area contributed by atoms with Crippen LogP contribution in [0.15, 0.2) is 0 Å². The Morgan fingerprint density at radius 2 is 2.06 bits per heavy atom. The highest BCUT2D eigenvalue weighted by atomic mass is 16.5. The summed E-state index contributed by atoms with van der Waals surface area (Å²) >= 11 is 0. The highest BCUT2D eigenvalue weighted by molar-refractivity contribution is 5.77. The van der Waals surface area contributed by atoms with Gasteiger partial charge < -0.3 is 15.2 Å². The van der Waals surface area contributed by atoms with Crippen LogP contribution < -0.4 is 5.32 Å². The fourth-order valence-corrected chi connectivity index (χ4v) is 2.80. The molecule has 3 atom stereocenters. The van der Waals surface area contributed by atoms with Crippen molar-refractivity contribution in [2.45, 2.75) is 57.1 Å². The molecule has 102 valence electrons. The molecule has 1 amide bonds. The molecule has 2 N–H and O–H groups in total. The number of carbonyl (C=O) groups excluding carboxylic acids is 1. The molecule has 1 aliphatic heterocycles. The molecule has 2 rings (SSSR count). The van der Waals surface area contributed by atoms with Gasteiger partial charge in [-0.25, -0.2) is 0 Å². The first kappa shape index (κ1) is 13.3. The standard InChI is InChI=1S/C13H21NO4/c15-12(8-11-3-1-2-6-18-11)14-10-5-4-9(7-10)13(16)17/h9-11H,1-8H2,(H,14,15)(H,16,17). The highest BCUT2D eigenvalue weighted by Gasteiger charge is 2.30. The van der Waals surface area contributed by atoms with Crippen LogP contribution in [0.25, 0.3) is 0 Å². The van der Waals surface area contributed by atoms with Gasteiger partial charge in [-0.15, -0.1) is 0 Å². The summed E-state index contributed by atoms with van der Waals surface area (Å²) in [5.41, 5.74) is 0. The lowest BCUT2D eigenvalue weighted by Crippen LogP contribution is -2.36. The number of carbonyl (C=O) groups is 2. The van der Waals surface area contributed by atoms with Crippen LogP contribution in [0.4, 0.5) is 0 Å². The Balaban J connectivity index is 1.69. The van der Waals surface area contributed by atoms with Crippen LogP contribution >= 0.6 is 0 Å². The minimum atomic E-state index is -0.748. The minimum Gasteiger partial charge on any atom is -0.481 e. The van der Waals surface area contributed by atoms with Crippen molar-refractivity contribution in [2.24, 2.45) is 5.92 Å². The van der Waals surface area contributed by atoms with E-state index in [1.165, 1.54) is 0 Å². The summed E-state index contributed by atoms with van der Waals surface area (Å²) in [5.74, 6) is -1.04. The fourth-order valence-electron chi connectivity index (χ4n) is 2.80. The third-order valence-electron chi connectivity index (χ3n) is 3.83. The maximum atomic E-state index is 11.8. The minimum absolute atomic E-state index is 0.00191. The van der Waals surface area contributed by atoms with Crippen molar-refractivity contribution in [1.29, 1.82) is 0 Å². The number of hydrogen-bond acceptors (Lipinski definition) is 3. The van der Waals surface area contributed by atoms with Crippen LogP contribution in [0.5, 0.6) is 0 Å². The molecule has 1 heterocycles. The molecule has 1 saturated heterocycles. The van der Waals surface area contributed by atoms with E-state index in [9.17, 15) is 9.59 Å². The molecule has 2 aliphatic rings. The second-order valence-corrected chi connectivity index (χ2v) is 5.31. The van der Waals surface area contributed by atoms with Crippen LogP contribution in [0.1, 0.15) is 44.9 Å². The van der Waals surface area contributed by atoms with E-state index in [1.807, 2.05) is 0 Å². The first-order valence-corrected chi connectivity index (χ1v) is 6.79. The molecule has 3 unspecified atom stereocenters. The predicted molar refractivity (Wildman–Crippen MR) is 65.1 cm³/mol. The van der Waals surface area contributed by atoms with E-state index in [0.29, 0.717) is 19.3 Å². The fraction of sp³-hybridized carbons (Fsp3) is 0.846. The second-order valence-electron chi connectivity index (χ2n) is 5.31. The van der Waals surface area contributed by atoms with E-state index in [0.717, 1.165) is 32.3 Å². The van der Waals surface area contributed by atoms with E-state index in [-0.39, 0.29) is 24.0 Å². The number of aliphatic carboxylic acids is 1. The molecule has 5 nitrogen and oxygen atoms in total. The van der Waals surface area contributed by atoms with E-state index >= 15 is 0 Å². The smallest absolute Gasteiger partial charge is 0.306 e. The zero-order valence-electron chi connectivity index (χ0n) is 10.6. The average molecular weight is 255 g/mol. The van der Waals surface area contributed by atoms with Gasteiger partial charge in [0.05, 0.1) is 18.4 Å². The van der Waals surface area contributed by atoms with Gasteiger partial charge in [-0.3, -0.25) is 9.59 Å². The van der Waals surface area contributed by atoms with Crippen molar-refractivity contribution in [3.05, 3.63) is 0 Å². The molecule has 0 aromatic rings. The zero-order chi connectivity index (χ0) is 13.0. The predicted octanol–water partition coefficient (Wildman–Crippen LogP) is 1.32. The zero-order valence-corrected chi connectivity index (χ0v) is 10.6. The van der Waals surface area contributed by atoms with Gasteiger partial charge in [0.15, 0.2) is 0 Å². The number of amides is 1. The van der Waals surface area contributed by atoms with Gasteiger partial charge in [-0.05, 0) is 38.5 Å². The lowest BCUT2D eigenvalue weighted by molar-refractivity contribution is -0.141. The monoisotopic (exact) mass is 255 g/mol. The maximum Gasteiger partial charge on any atom is 0.306 e. The Morgan fingerprint density at radius 1 is 1.22 bits per heavy atom. The molecule has 0 bridgehead atoms.